The number of oxazole rings is 1. The zero-order chi connectivity index (χ0) is 11.7. The number of hydrogen-bond donors (Lipinski definition) is 1. The van der Waals surface area contributed by atoms with Crippen molar-refractivity contribution in [3.63, 3.8) is 0 Å². The van der Waals surface area contributed by atoms with Crippen LogP contribution < -0.4 is 5.73 Å². The van der Waals surface area contributed by atoms with Gasteiger partial charge in [-0.25, -0.2) is 9.37 Å². The van der Waals surface area contributed by atoms with Crippen LogP contribution in [-0.2, 0) is 0 Å². The van der Waals surface area contributed by atoms with Gasteiger partial charge in [-0.05, 0) is 41.1 Å². The number of nitrogens with zero attached hydrogens (tertiary/aromatic N) is 1. The Morgan fingerprint density at radius 1 is 1.50 bits per heavy atom. The second-order valence-corrected chi connectivity index (χ2v) is 4.33. The third-order valence-electron chi connectivity index (χ3n) is 2.12. The first-order chi connectivity index (χ1) is 7.58. The summed E-state index contributed by atoms with van der Waals surface area (Å²) < 4.78 is 18.9. The van der Waals surface area contributed by atoms with Crippen molar-refractivity contribution < 1.29 is 8.81 Å². The van der Waals surface area contributed by atoms with Crippen LogP contribution in [0.1, 0.15) is 18.9 Å². The first-order valence-corrected chi connectivity index (χ1v) is 5.54. The van der Waals surface area contributed by atoms with Crippen LogP contribution in [0.3, 0.4) is 0 Å². The largest absolute Gasteiger partial charge is 0.439 e. The summed E-state index contributed by atoms with van der Waals surface area (Å²) in [6.07, 6.45) is 1.58. The predicted molar refractivity (Wildman–Crippen MR) is 62.2 cm³/mol. The van der Waals surface area contributed by atoms with Gasteiger partial charge in [-0.3, -0.25) is 0 Å². The summed E-state index contributed by atoms with van der Waals surface area (Å²) in [6.45, 7) is 1.79. The molecule has 0 aliphatic carbocycles. The van der Waals surface area contributed by atoms with Gasteiger partial charge in [0.05, 0.1) is 16.7 Å². The minimum absolute atomic E-state index is 0.252. The van der Waals surface area contributed by atoms with Crippen LogP contribution >= 0.6 is 15.9 Å². The van der Waals surface area contributed by atoms with Crippen molar-refractivity contribution in [2.45, 2.75) is 13.0 Å². The number of aromatic nitrogens is 1. The van der Waals surface area contributed by atoms with E-state index in [1.807, 2.05) is 0 Å². The highest BCUT2D eigenvalue weighted by Crippen LogP contribution is 2.26. The fourth-order valence-electron chi connectivity index (χ4n) is 1.28. The molecule has 0 aliphatic rings. The van der Waals surface area contributed by atoms with Crippen molar-refractivity contribution in [2.75, 3.05) is 0 Å². The molecular formula is C11H10BrFN2O. The highest BCUT2D eigenvalue weighted by atomic mass is 79.9. The van der Waals surface area contributed by atoms with Gasteiger partial charge in [0.15, 0.2) is 5.76 Å². The smallest absolute Gasteiger partial charge is 0.211 e. The van der Waals surface area contributed by atoms with Gasteiger partial charge in [-0.2, -0.15) is 0 Å². The summed E-state index contributed by atoms with van der Waals surface area (Å²) in [5.41, 5.74) is 6.39. The van der Waals surface area contributed by atoms with E-state index < -0.39 is 0 Å². The first kappa shape index (κ1) is 11.3. The maximum absolute atomic E-state index is 13.0. The van der Waals surface area contributed by atoms with Gasteiger partial charge in [0.1, 0.15) is 5.82 Å². The molecule has 0 spiro atoms. The zero-order valence-electron chi connectivity index (χ0n) is 8.58. The van der Waals surface area contributed by atoms with Crippen molar-refractivity contribution in [2.24, 2.45) is 5.73 Å². The topological polar surface area (TPSA) is 52.0 Å². The second-order valence-electron chi connectivity index (χ2n) is 3.48. The summed E-state index contributed by atoms with van der Waals surface area (Å²) in [5, 5.41) is 0. The van der Waals surface area contributed by atoms with Crippen LogP contribution in [-0.4, -0.2) is 4.98 Å². The standard InChI is InChI=1S/C11H10BrFN2O/c1-6(14)11-15-5-10(16-11)7-2-3-9(13)8(12)4-7/h2-6H,14H2,1H3. The summed E-state index contributed by atoms with van der Waals surface area (Å²) in [7, 11) is 0. The van der Waals surface area contributed by atoms with E-state index >= 15 is 0 Å². The van der Waals surface area contributed by atoms with E-state index in [1.54, 1.807) is 25.3 Å². The van der Waals surface area contributed by atoms with Crippen LogP contribution in [0.4, 0.5) is 4.39 Å². The Kier molecular flexibility index (Phi) is 3.07. The Labute approximate surface area is 101 Å². The van der Waals surface area contributed by atoms with Gasteiger partial charge < -0.3 is 10.2 Å². The van der Waals surface area contributed by atoms with Crippen molar-refractivity contribution >= 4 is 15.9 Å². The maximum Gasteiger partial charge on any atom is 0.211 e. The molecule has 0 bridgehead atoms. The van der Waals surface area contributed by atoms with Gasteiger partial charge in [0.25, 0.3) is 0 Å². The SMILES string of the molecule is CC(N)c1ncc(-c2ccc(F)c(Br)c2)o1. The van der Waals surface area contributed by atoms with Crippen molar-refractivity contribution in [3.05, 3.63) is 40.6 Å². The lowest BCUT2D eigenvalue weighted by atomic mass is 10.2. The molecule has 1 atom stereocenters. The average molecular weight is 285 g/mol. The molecule has 84 valence electrons. The molecule has 2 aromatic rings. The molecule has 0 amide bonds. The lowest BCUT2D eigenvalue weighted by Crippen LogP contribution is -2.04. The van der Waals surface area contributed by atoms with Crippen molar-refractivity contribution in [3.8, 4) is 11.3 Å². The van der Waals surface area contributed by atoms with E-state index in [-0.39, 0.29) is 11.9 Å². The first-order valence-electron chi connectivity index (χ1n) is 4.74. The molecule has 1 heterocycles. The minimum Gasteiger partial charge on any atom is -0.439 e. The molecular weight excluding hydrogens is 275 g/mol. The molecule has 0 aliphatic heterocycles. The number of nitrogens with two attached hydrogens (primary N) is 1. The van der Waals surface area contributed by atoms with Crippen LogP contribution in [0.15, 0.2) is 33.3 Å². The minimum atomic E-state index is -0.310. The van der Waals surface area contributed by atoms with Gasteiger partial charge in [0, 0.05) is 5.56 Å². The second kappa shape index (κ2) is 4.35. The fraction of sp³-hybridized carbons (Fsp3) is 0.182. The van der Waals surface area contributed by atoms with Gasteiger partial charge in [0.2, 0.25) is 5.89 Å². The van der Waals surface area contributed by atoms with E-state index in [1.165, 1.54) is 6.07 Å². The summed E-state index contributed by atoms with van der Waals surface area (Å²) >= 11 is 3.12. The number of hydrogen-bond acceptors (Lipinski definition) is 3. The zero-order valence-corrected chi connectivity index (χ0v) is 10.2. The van der Waals surface area contributed by atoms with Gasteiger partial charge in [-0.15, -0.1) is 0 Å². The van der Waals surface area contributed by atoms with Gasteiger partial charge in [-0.1, -0.05) is 0 Å². The quantitative estimate of drug-likeness (QED) is 0.921. The Balaban J connectivity index is 2.39. The van der Waals surface area contributed by atoms with Crippen LogP contribution in [0.2, 0.25) is 0 Å². The maximum atomic E-state index is 13.0. The molecule has 1 aromatic carbocycles. The Morgan fingerprint density at radius 2 is 2.25 bits per heavy atom. The van der Waals surface area contributed by atoms with E-state index in [9.17, 15) is 4.39 Å². The number of benzene rings is 1. The summed E-state index contributed by atoms with van der Waals surface area (Å²) in [4.78, 5) is 4.04. The summed E-state index contributed by atoms with van der Waals surface area (Å²) in [5.74, 6) is 0.735. The normalized spacial score (nSPS) is 12.8. The predicted octanol–water partition coefficient (Wildman–Crippen LogP) is 3.26. The molecule has 0 saturated heterocycles. The lowest BCUT2D eigenvalue weighted by molar-refractivity contribution is 0.473. The van der Waals surface area contributed by atoms with E-state index in [0.29, 0.717) is 16.1 Å². The fourth-order valence-corrected chi connectivity index (χ4v) is 1.66. The Morgan fingerprint density at radius 3 is 2.81 bits per heavy atom. The average Bonchev–Trinajstić information content (AvgIpc) is 2.71. The molecule has 3 nitrogen and oxygen atoms in total. The molecule has 0 saturated carbocycles. The van der Waals surface area contributed by atoms with Crippen LogP contribution in [0.5, 0.6) is 0 Å². The van der Waals surface area contributed by atoms with E-state index in [4.69, 9.17) is 10.2 Å². The van der Waals surface area contributed by atoms with Crippen LogP contribution in [0.25, 0.3) is 11.3 Å². The third kappa shape index (κ3) is 2.15. The molecule has 0 radical (unpaired) electrons. The summed E-state index contributed by atoms with van der Waals surface area (Å²) in [6, 6.07) is 4.39. The molecule has 2 rings (SSSR count). The molecule has 1 aromatic heterocycles. The number of rotatable bonds is 2. The van der Waals surface area contributed by atoms with Crippen LogP contribution in [0, 0.1) is 5.82 Å². The molecule has 16 heavy (non-hydrogen) atoms. The molecule has 5 heteroatoms. The van der Waals surface area contributed by atoms with E-state index in [0.717, 1.165) is 5.56 Å². The number of halogens is 2. The Hall–Kier alpha value is -1.20. The Bertz CT molecular complexity index is 510. The van der Waals surface area contributed by atoms with E-state index in [2.05, 4.69) is 20.9 Å². The molecule has 0 fully saturated rings. The third-order valence-corrected chi connectivity index (χ3v) is 2.72. The highest BCUT2D eigenvalue weighted by molar-refractivity contribution is 9.10. The lowest BCUT2D eigenvalue weighted by Gasteiger charge is -1.99. The molecule has 2 N–H and O–H groups in total. The molecule has 1 unspecified atom stereocenters. The van der Waals surface area contributed by atoms with Crippen molar-refractivity contribution in [1.82, 2.24) is 4.98 Å². The van der Waals surface area contributed by atoms with Crippen molar-refractivity contribution in [1.29, 1.82) is 0 Å². The highest BCUT2D eigenvalue weighted by Gasteiger charge is 2.10. The van der Waals surface area contributed by atoms with Gasteiger partial charge >= 0.3 is 0 Å². The monoisotopic (exact) mass is 284 g/mol.